The van der Waals surface area contributed by atoms with E-state index in [1.54, 1.807) is 0 Å². The Bertz CT molecular complexity index is 357. The Morgan fingerprint density at radius 3 is 2.21 bits per heavy atom. The standard InChI is InChI=1S/C12H18F3NO3/c1-3-7-4-8(9(5-7)11(18)19)10(17)16(2)6-12(13,14)15/h7-9H,3-6H2,1-2H3,(H,18,19). The maximum atomic E-state index is 12.2. The lowest BCUT2D eigenvalue weighted by Crippen LogP contribution is -2.41. The molecule has 0 saturated heterocycles. The molecule has 0 aromatic heterocycles. The zero-order chi connectivity index (χ0) is 14.8. The van der Waals surface area contributed by atoms with Crippen LogP contribution in [0.4, 0.5) is 13.2 Å². The highest BCUT2D eigenvalue weighted by atomic mass is 19.4. The number of halogens is 3. The number of rotatable bonds is 4. The van der Waals surface area contributed by atoms with Gasteiger partial charge < -0.3 is 10.0 Å². The molecule has 7 heteroatoms. The van der Waals surface area contributed by atoms with Gasteiger partial charge in [-0.25, -0.2) is 0 Å². The lowest BCUT2D eigenvalue weighted by Gasteiger charge is -2.24. The molecule has 0 heterocycles. The van der Waals surface area contributed by atoms with E-state index in [9.17, 15) is 22.8 Å². The van der Waals surface area contributed by atoms with E-state index in [2.05, 4.69) is 0 Å². The third-order valence-electron chi connectivity index (χ3n) is 3.66. The second-order valence-electron chi connectivity index (χ2n) is 5.11. The first kappa shape index (κ1) is 15.8. The molecule has 3 atom stereocenters. The molecular weight excluding hydrogens is 263 g/mol. The van der Waals surface area contributed by atoms with E-state index in [1.165, 1.54) is 0 Å². The minimum absolute atomic E-state index is 0.0920. The van der Waals surface area contributed by atoms with E-state index in [4.69, 9.17) is 5.11 Å². The highest BCUT2D eigenvalue weighted by Crippen LogP contribution is 2.39. The van der Waals surface area contributed by atoms with Crippen molar-refractivity contribution < 1.29 is 27.9 Å². The molecule has 0 aromatic carbocycles. The van der Waals surface area contributed by atoms with Crippen LogP contribution >= 0.6 is 0 Å². The third kappa shape index (κ3) is 4.11. The van der Waals surface area contributed by atoms with Gasteiger partial charge in [0.1, 0.15) is 6.54 Å². The predicted octanol–water partition coefficient (Wildman–Crippen LogP) is 2.14. The van der Waals surface area contributed by atoms with Gasteiger partial charge in [0.25, 0.3) is 0 Å². The first-order chi connectivity index (χ1) is 8.65. The van der Waals surface area contributed by atoms with Gasteiger partial charge >= 0.3 is 12.1 Å². The SMILES string of the molecule is CCC1CC(C(=O)O)C(C(=O)N(C)CC(F)(F)F)C1. The number of carboxylic acid groups (broad SMARTS) is 1. The van der Waals surface area contributed by atoms with E-state index in [-0.39, 0.29) is 5.92 Å². The van der Waals surface area contributed by atoms with Crippen molar-refractivity contribution in [3.63, 3.8) is 0 Å². The summed E-state index contributed by atoms with van der Waals surface area (Å²) in [6, 6.07) is 0. The molecule has 0 spiro atoms. The summed E-state index contributed by atoms with van der Waals surface area (Å²) in [7, 11) is 1.06. The number of amides is 1. The molecule has 1 aliphatic carbocycles. The van der Waals surface area contributed by atoms with Crippen molar-refractivity contribution >= 4 is 11.9 Å². The van der Waals surface area contributed by atoms with Gasteiger partial charge in [-0.1, -0.05) is 13.3 Å². The van der Waals surface area contributed by atoms with E-state index < -0.39 is 36.4 Å². The molecule has 3 unspecified atom stereocenters. The molecule has 110 valence electrons. The second-order valence-corrected chi connectivity index (χ2v) is 5.11. The molecule has 0 aliphatic heterocycles. The summed E-state index contributed by atoms with van der Waals surface area (Å²) in [4.78, 5) is 23.6. The summed E-state index contributed by atoms with van der Waals surface area (Å²) >= 11 is 0. The lowest BCUT2D eigenvalue weighted by atomic mass is 9.95. The Labute approximate surface area is 109 Å². The number of alkyl halides is 3. The monoisotopic (exact) mass is 281 g/mol. The Morgan fingerprint density at radius 1 is 1.26 bits per heavy atom. The summed E-state index contributed by atoms with van der Waals surface area (Å²) in [6.45, 7) is 0.543. The van der Waals surface area contributed by atoms with Crippen LogP contribution < -0.4 is 0 Å². The topological polar surface area (TPSA) is 57.6 Å². The Morgan fingerprint density at radius 2 is 1.79 bits per heavy atom. The van der Waals surface area contributed by atoms with Crippen LogP contribution in [0, 0.1) is 17.8 Å². The van der Waals surface area contributed by atoms with Crippen LogP contribution in [-0.4, -0.2) is 41.7 Å². The summed E-state index contributed by atoms with van der Waals surface area (Å²) in [6.07, 6.45) is -3.01. The summed E-state index contributed by atoms with van der Waals surface area (Å²) in [5.41, 5.74) is 0. The normalized spacial score (nSPS) is 27.3. The molecule has 1 saturated carbocycles. The van der Waals surface area contributed by atoms with Crippen molar-refractivity contribution in [2.75, 3.05) is 13.6 Å². The Balaban J connectivity index is 2.76. The second kappa shape index (κ2) is 5.79. The zero-order valence-corrected chi connectivity index (χ0v) is 10.9. The largest absolute Gasteiger partial charge is 0.481 e. The van der Waals surface area contributed by atoms with Gasteiger partial charge in [0.2, 0.25) is 5.91 Å². The molecule has 1 rings (SSSR count). The van der Waals surface area contributed by atoms with Gasteiger partial charge in [-0.2, -0.15) is 13.2 Å². The minimum Gasteiger partial charge on any atom is -0.481 e. The van der Waals surface area contributed by atoms with E-state index in [0.717, 1.165) is 13.5 Å². The lowest BCUT2D eigenvalue weighted by molar-refractivity contribution is -0.163. The number of carboxylic acids is 1. The molecule has 1 fully saturated rings. The van der Waals surface area contributed by atoms with E-state index in [0.29, 0.717) is 17.7 Å². The molecule has 0 radical (unpaired) electrons. The van der Waals surface area contributed by atoms with Crippen molar-refractivity contribution in [1.29, 1.82) is 0 Å². The van der Waals surface area contributed by atoms with Gasteiger partial charge in [-0.05, 0) is 18.8 Å². The number of carbonyl (C=O) groups excluding carboxylic acids is 1. The maximum absolute atomic E-state index is 12.2. The molecular formula is C12H18F3NO3. The molecule has 1 amide bonds. The minimum atomic E-state index is -4.47. The van der Waals surface area contributed by atoms with Crippen molar-refractivity contribution in [2.24, 2.45) is 17.8 Å². The maximum Gasteiger partial charge on any atom is 0.406 e. The van der Waals surface area contributed by atoms with Crippen LogP contribution in [0.3, 0.4) is 0 Å². The number of carbonyl (C=O) groups is 2. The first-order valence-corrected chi connectivity index (χ1v) is 6.20. The highest BCUT2D eigenvalue weighted by molar-refractivity contribution is 5.85. The first-order valence-electron chi connectivity index (χ1n) is 6.20. The zero-order valence-electron chi connectivity index (χ0n) is 10.9. The quantitative estimate of drug-likeness (QED) is 0.859. The van der Waals surface area contributed by atoms with Crippen molar-refractivity contribution in [1.82, 2.24) is 4.90 Å². The molecule has 1 aliphatic rings. The Kier molecular flexibility index (Phi) is 4.81. The fourth-order valence-corrected chi connectivity index (χ4v) is 2.65. The van der Waals surface area contributed by atoms with Gasteiger partial charge in [-0.15, -0.1) is 0 Å². The Hall–Kier alpha value is -1.27. The molecule has 0 bridgehead atoms. The van der Waals surface area contributed by atoms with Crippen molar-refractivity contribution in [3.8, 4) is 0 Å². The fourth-order valence-electron chi connectivity index (χ4n) is 2.65. The predicted molar refractivity (Wildman–Crippen MR) is 61.3 cm³/mol. The summed E-state index contributed by atoms with van der Waals surface area (Å²) in [5.74, 6) is -3.44. The van der Waals surface area contributed by atoms with E-state index in [1.807, 2.05) is 6.92 Å². The van der Waals surface area contributed by atoms with E-state index >= 15 is 0 Å². The number of hydrogen-bond acceptors (Lipinski definition) is 2. The molecule has 4 nitrogen and oxygen atoms in total. The highest BCUT2D eigenvalue weighted by Gasteiger charge is 2.44. The fraction of sp³-hybridized carbons (Fsp3) is 0.833. The van der Waals surface area contributed by atoms with Crippen molar-refractivity contribution in [2.45, 2.75) is 32.4 Å². The third-order valence-corrected chi connectivity index (χ3v) is 3.66. The number of hydrogen-bond donors (Lipinski definition) is 1. The summed E-state index contributed by atoms with van der Waals surface area (Å²) < 4.78 is 36.7. The van der Waals surface area contributed by atoms with Crippen LogP contribution in [-0.2, 0) is 9.59 Å². The van der Waals surface area contributed by atoms with Gasteiger partial charge in [-0.3, -0.25) is 9.59 Å². The molecule has 0 aromatic rings. The van der Waals surface area contributed by atoms with Crippen molar-refractivity contribution in [3.05, 3.63) is 0 Å². The average molecular weight is 281 g/mol. The summed E-state index contributed by atoms with van der Waals surface area (Å²) in [5, 5.41) is 9.07. The van der Waals surface area contributed by atoms with Gasteiger partial charge in [0.05, 0.1) is 11.8 Å². The smallest absolute Gasteiger partial charge is 0.406 e. The average Bonchev–Trinajstić information content (AvgIpc) is 2.69. The number of aliphatic carboxylic acids is 1. The van der Waals surface area contributed by atoms with Crippen LogP contribution in [0.1, 0.15) is 26.2 Å². The van der Waals surface area contributed by atoms with Crippen LogP contribution in [0.2, 0.25) is 0 Å². The van der Waals surface area contributed by atoms with Crippen LogP contribution in [0.25, 0.3) is 0 Å². The van der Waals surface area contributed by atoms with Crippen LogP contribution in [0.5, 0.6) is 0 Å². The van der Waals surface area contributed by atoms with Crippen LogP contribution in [0.15, 0.2) is 0 Å². The van der Waals surface area contributed by atoms with Gasteiger partial charge in [0, 0.05) is 7.05 Å². The molecule has 1 N–H and O–H groups in total. The number of nitrogens with zero attached hydrogens (tertiary/aromatic N) is 1. The molecule has 19 heavy (non-hydrogen) atoms. The van der Waals surface area contributed by atoms with Gasteiger partial charge in [0.15, 0.2) is 0 Å².